The van der Waals surface area contributed by atoms with E-state index in [1.807, 2.05) is 36.2 Å². The second-order valence-corrected chi connectivity index (χ2v) is 5.72. The number of thiol groups is 1. The Morgan fingerprint density at radius 3 is 2.53 bits per heavy atom. The van der Waals surface area contributed by atoms with E-state index in [-0.39, 0.29) is 5.91 Å². The van der Waals surface area contributed by atoms with Crippen molar-refractivity contribution in [2.75, 3.05) is 33.2 Å². The monoisotopic (exact) mass is 278 g/mol. The van der Waals surface area contributed by atoms with Gasteiger partial charge in [-0.05, 0) is 43.6 Å². The third-order valence-electron chi connectivity index (χ3n) is 3.67. The number of likely N-dealkylation sites (N-methyl/N-ethyl adjacent to an activating group) is 1. The van der Waals surface area contributed by atoms with Gasteiger partial charge >= 0.3 is 0 Å². The molecule has 1 fully saturated rings. The van der Waals surface area contributed by atoms with Crippen LogP contribution in [0, 0.1) is 0 Å². The third-order valence-corrected chi connectivity index (χ3v) is 3.97. The lowest BCUT2D eigenvalue weighted by Gasteiger charge is -2.21. The normalized spacial score (nSPS) is 15.7. The summed E-state index contributed by atoms with van der Waals surface area (Å²) in [6, 6.07) is 7.79. The van der Waals surface area contributed by atoms with Gasteiger partial charge in [0.2, 0.25) is 5.91 Å². The molecule has 1 saturated heterocycles. The van der Waals surface area contributed by atoms with Crippen molar-refractivity contribution in [3.05, 3.63) is 29.8 Å². The van der Waals surface area contributed by atoms with Crippen molar-refractivity contribution in [2.24, 2.45) is 0 Å². The van der Waals surface area contributed by atoms with E-state index < -0.39 is 0 Å². The molecule has 0 bridgehead atoms. The van der Waals surface area contributed by atoms with Crippen LogP contribution in [0.2, 0.25) is 0 Å². The van der Waals surface area contributed by atoms with Crippen LogP contribution in [0.5, 0.6) is 0 Å². The quantitative estimate of drug-likeness (QED) is 0.834. The Kier molecular flexibility index (Phi) is 5.28. The first-order valence-electron chi connectivity index (χ1n) is 6.89. The van der Waals surface area contributed by atoms with E-state index in [1.165, 1.54) is 25.9 Å². The molecular formula is C15H22N2OS. The topological polar surface area (TPSA) is 23.6 Å². The van der Waals surface area contributed by atoms with Crippen molar-refractivity contribution >= 4 is 18.5 Å². The summed E-state index contributed by atoms with van der Waals surface area (Å²) in [7, 11) is 1.89. The summed E-state index contributed by atoms with van der Waals surface area (Å²) in [6.07, 6.45) is 3.08. The highest BCUT2D eigenvalue weighted by Crippen LogP contribution is 2.10. The molecule has 0 aromatic heterocycles. The van der Waals surface area contributed by atoms with Gasteiger partial charge in [-0.15, -0.1) is 12.6 Å². The molecule has 19 heavy (non-hydrogen) atoms. The molecule has 1 aliphatic heterocycles. The molecule has 104 valence electrons. The van der Waals surface area contributed by atoms with Crippen LogP contribution < -0.4 is 0 Å². The van der Waals surface area contributed by atoms with Crippen molar-refractivity contribution in [3.8, 4) is 0 Å². The summed E-state index contributed by atoms with van der Waals surface area (Å²) in [5.74, 6) is 0.186. The van der Waals surface area contributed by atoms with E-state index in [1.54, 1.807) is 0 Å². The Morgan fingerprint density at radius 1 is 1.26 bits per heavy atom. The van der Waals surface area contributed by atoms with Crippen molar-refractivity contribution in [1.29, 1.82) is 0 Å². The van der Waals surface area contributed by atoms with Crippen LogP contribution in [0.1, 0.15) is 18.4 Å². The number of carbonyl (C=O) groups is 1. The minimum Gasteiger partial charge on any atom is -0.344 e. The lowest BCUT2D eigenvalue weighted by atomic mass is 10.1. The fourth-order valence-corrected chi connectivity index (χ4v) is 2.49. The highest BCUT2D eigenvalue weighted by atomic mass is 32.1. The highest BCUT2D eigenvalue weighted by Gasteiger charge is 2.14. The number of amides is 1. The number of likely N-dealkylation sites (tertiary alicyclic amines) is 1. The van der Waals surface area contributed by atoms with Crippen LogP contribution in [0.4, 0.5) is 0 Å². The van der Waals surface area contributed by atoms with Gasteiger partial charge in [0.15, 0.2) is 0 Å². The maximum absolute atomic E-state index is 12.1. The Balaban J connectivity index is 1.76. The zero-order valence-corrected chi connectivity index (χ0v) is 12.4. The number of hydrogen-bond donors (Lipinski definition) is 1. The van der Waals surface area contributed by atoms with E-state index >= 15 is 0 Å². The van der Waals surface area contributed by atoms with Crippen LogP contribution in [0.3, 0.4) is 0 Å². The van der Waals surface area contributed by atoms with Crippen LogP contribution in [0.25, 0.3) is 0 Å². The first-order chi connectivity index (χ1) is 9.15. The molecule has 0 radical (unpaired) electrons. The SMILES string of the molecule is CN(CCN1CCCC1)C(=O)Cc1ccc(S)cc1. The molecule has 0 atom stereocenters. The van der Waals surface area contributed by atoms with E-state index in [9.17, 15) is 4.79 Å². The lowest BCUT2D eigenvalue weighted by molar-refractivity contribution is -0.129. The fourth-order valence-electron chi connectivity index (χ4n) is 2.35. The van der Waals surface area contributed by atoms with E-state index in [0.29, 0.717) is 6.42 Å². The summed E-state index contributed by atoms with van der Waals surface area (Å²) in [5, 5.41) is 0. The first kappa shape index (κ1) is 14.4. The molecule has 3 nitrogen and oxygen atoms in total. The number of rotatable bonds is 5. The minimum absolute atomic E-state index is 0.186. The maximum atomic E-state index is 12.1. The van der Waals surface area contributed by atoms with E-state index in [0.717, 1.165) is 23.5 Å². The van der Waals surface area contributed by atoms with Gasteiger partial charge < -0.3 is 9.80 Å². The predicted octanol–water partition coefficient (Wildman–Crippen LogP) is 2.07. The van der Waals surface area contributed by atoms with Crippen LogP contribution >= 0.6 is 12.6 Å². The molecule has 1 aromatic rings. The van der Waals surface area contributed by atoms with Crippen LogP contribution in [-0.2, 0) is 11.2 Å². The average molecular weight is 278 g/mol. The number of nitrogens with zero attached hydrogens (tertiary/aromatic N) is 2. The second-order valence-electron chi connectivity index (χ2n) is 5.21. The molecule has 1 amide bonds. The first-order valence-corrected chi connectivity index (χ1v) is 7.34. The van der Waals surface area contributed by atoms with Gasteiger partial charge in [0.25, 0.3) is 0 Å². The second kappa shape index (κ2) is 6.96. The highest BCUT2D eigenvalue weighted by molar-refractivity contribution is 7.80. The van der Waals surface area contributed by atoms with Gasteiger partial charge in [-0.2, -0.15) is 0 Å². The molecule has 2 rings (SSSR count). The van der Waals surface area contributed by atoms with Crippen LogP contribution in [-0.4, -0.2) is 48.9 Å². The molecule has 1 heterocycles. The van der Waals surface area contributed by atoms with Gasteiger partial charge in [0.05, 0.1) is 6.42 Å². The molecule has 0 aliphatic carbocycles. The van der Waals surface area contributed by atoms with Gasteiger partial charge in [-0.3, -0.25) is 4.79 Å². The third kappa shape index (κ3) is 4.55. The van der Waals surface area contributed by atoms with Gasteiger partial charge in [0, 0.05) is 25.0 Å². The Labute approximate surface area is 121 Å². The summed E-state index contributed by atoms with van der Waals surface area (Å²) in [4.78, 5) is 17.3. The number of benzene rings is 1. The van der Waals surface area contributed by atoms with Crippen molar-refractivity contribution in [1.82, 2.24) is 9.80 Å². The Morgan fingerprint density at radius 2 is 1.89 bits per heavy atom. The van der Waals surface area contributed by atoms with Crippen molar-refractivity contribution in [3.63, 3.8) is 0 Å². The Hall–Kier alpha value is -1.00. The van der Waals surface area contributed by atoms with Crippen LogP contribution in [0.15, 0.2) is 29.2 Å². The lowest BCUT2D eigenvalue weighted by Crippen LogP contribution is -2.35. The number of hydrogen-bond acceptors (Lipinski definition) is 3. The van der Waals surface area contributed by atoms with Gasteiger partial charge in [0.1, 0.15) is 0 Å². The summed E-state index contributed by atoms with van der Waals surface area (Å²) in [6.45, 7) is 4.19. The zero-order chi connectivity index (χ0) is 13.7. The van der Waals surface area contributed by atoms with Gasteiger partial charge in [-0.1, -0.05) is 12.1 Å². The standard InChI is InChI=1S/C15H22N2OS/c1-16(10-11-17-8-2-3-9-17)15(18)12-13-4-6-14(19)7-5-13/h4-7,19H,2-3,8-12H2,1H3. The predicted molar refractivity (Wildman–Crippen MR) is 80.7 cm³/mol. The Bertz CT molecular complexity index is 413. The summed E-state index contributed by atoms with van der Waals surface area (Å²) >= 11 is 4.25. The molecule has 0 saturated carbocycles. The molecular weight excluding hydrogens is 256 g/mol. The van der Waals surface area contributed by atoms with E-state index in [4.69, 9.17) is 0 Å². The van der Waals surface area contributed by atoms with Gasteiger partial charge in [-0.25, -0.2) is 0 Å². The summed E-state index contributed by atoms with van der Waals surface area (Å²) in [5.41, 5.74) is 1.05. The molecule has 0 N–H and O–H groups in total. The maximum Gasteiger partial charge on any atom is 0.226 e. The smallest absolute Gasteiger partial charge is 0.226 e. The zero-order valence-electron chi connectivity index (χ0n) is 11.5. The number of carbonyl (C=O) groups excluding carboxylic acids is 1. The largest absolute Gasteiger partial charge is 0.344 e. The minimum atomic E-state index is 0.186. The van der Waals surface area contributed by atoms with Crippen molar-refractivity contribution < 1.29 is 4.79 Å². The molecule has 4 heteroatoms. The molecule has 1 aromatic carbocycles. The molecule has 1 aliphatic rings. The molecule has 0 spiro atoms. The fraction of sp³-hybridized carbons (Fsp3) is 0.533. The average Bonchev–Trinajstić information content (AvgIpc) is 2.91. The van der Waals surface area contributed by atoms with Crippen molar-refractivity contribution in [2.45, 2.75) is 24.2 Å². The van der Waals surface area contributed by atoms with E-state index in [2.05, 4.69) is 17.5 Å². The summed E-state index contributed by atoms with van der Waals surface area (Å²) < 4.78 is 0. The molecule has 0 unspecified atom stereocenters.